The third-order valence-electron chi connectivity index (χ3n) is 2.39. The zero-order chi connectivity index (χ0) is 17.1. The first-order valence-corrected chi connectivity index (χ1v) is 6.09. The normalized spacial score (nSPS) is 34.2. The molecular formula is C7H5F9O4S. The van der Waals surface area contributed by atoms with E-state index in [4.69, 9.17) is 0 Å². The molecule has 0 radical (unpaired) electrons. The fraction of sp³-hybridized carbons (Fsp3) is 1.00. The Morgan fingerprint density at radius 1 is 1.05 bits per heavy atom. The molecule has 0 N–H and O–H groups in total. The minimum atomic E-state index is -7.52. The monoisotopic (exact) mass is 356 g/mol. The summed E-state index contributed by atoms with van der Waals surface area (Å²) in [7, 11) is -7.52. The average Bonchev–Trinajstić information content (AvgIpc) is 2.44. The minimum absolute atomic E-state index is 0.153. The van der Waals surface area contributed by atoms with Gasteiger partial charge >= 0.3 is 33.4 Å². The fourth-order valence-electron chi connectivity index (χ4n) is 1.36. The molecule has 0 aromatic rings. The van der Waals surface area contributed by atoms with Crippen LogP contribution in [-0.2, 0) is 19.7 Å². The third kappa shape index (κ3) is 2.27. The first-order valence-electron chi connectivity index (χ1n) is 4.70. The lowest BCUT2D eigenvalue weighted by Crippen LogP contribution is -2.65. The lowest BCUT2D eigenvalue weighted by molar-refractivity contribution is -0.387. The summed E-state index contributed by atoms with van der Waals surface area (Å²) >= 11 is 0. The van der Waals surface area contributed by atoms with E-state index in [9.17, 15) is 47.4 Å². The average molecular weight is 356 g/mol. The smallest absolute Gasteiger partial charge is 0.299 e. The van der Waals surface area contributed by atoms with Gasteiger partial charge in [-0.25, -0.2) is 4.39 Å². The van der Waals surface area contributed by atoms with E-state index < -0.39 is 45.8 Å². The molecule has 14 heteroatoms. The van der Waals surface area contributed by atoms with Gasteiger partial charge in [0.05, 0.1) is 0 Å². The Morgan fingerprint density at radius 2 is 1.48 bits per heavy atom. The molecule has 2 unspecified atom stereocenters. The Labute approximate surface area is 111 Å². The SMILES string of the molecule is CC1(CF)OC(F)(F)C(F)(C(F)(F)C(F)(F)S(=O)(=O)F)O1. The molecule has 0 saturated carbocycles. The van der Waals surface area contributed by atoms with Crippen LogP contribution in [0.1, 0.15) is 6.92 Å². The first-order chi connectivity index (χ1) is 8.97. The highest BCUT2D eigenvalue weighted by atomic mass is 32.3. The van der Waals surface area contributed by atoms with Gasteiger partial charge in [-0.1, -0.05) is 3.89 Å². The summed E-state index contributed by atoms with van der Waals surface area (Å²) in [5, 5.41) is -6.93. The van der Waals surface area contributed by atoms with Gasteiger partial charge in [0.25, 0.3) is 0 Å². The molecule has 0 bridgehead atoms. The van der Waals surface area contributed by atoms with Gasteiger partial charge < -0.3 is 0 Å². The summed E-state index contributed by atoms with van der Waals surface area (Å²) in [6, 6.07) is 0. The van der Waals surface area contributed by atoms with Crippen molar-refractivity contribution in [1.82, 2.24) is 0 Å². The predicted molar refractivity (Wildman–Crippen MR) is 45.3 cm³/mol. The first kappa shape index (κ1) is 18.3. The van der Waals surface area contributed by atoms with Crippen LogP contribution < -0.4 is 0 Å². The Balaban J connectivity index is 3.49. The number of alkyl halides is 8. The molecule has 1 fully saturated rings. The molecule has 1 aliphatic heterocycles. The quantitative estimate of drug-likeness (QED) is 0.574. The van der Waals surface area contributed by atoms with Gasteiger partial charge in [-0.15, -0.1) is 0 Å². The number of hydrogen-bond acceptors (Lipinski definition) is 4. The molecule has 0 aliphatic carbocycles. The number of rotatable bonds is 4. The van der Waals surface area contributed by atoms with Gasteiger partial charge in [-0.2, -0.15) is 39.2 Å². The van der Waals surface area contributed by atoms with E-state index in [1.807, 2.05) is 0 Å². The van der Waals surface area contributed by atoms with E-state index in [1.54, 1.807) is 0 Å². The van der Waals surface area contributed by atoms with E-state index in [0.29, 0.717) is 0 Å². The molecule has 1 heterocycles. The maximum atomic E-state index is 13.7. The molecule has 0 aromatic heterocycles. The molecule has 126 valence electrons. The summed E-state index contributed by atoms with van der Waals surface area (Å²) < 4.78 is 143. The summed E-state index contributed by atoms with van der Waals surface area (Å²) in [4.78, 5) is 0. The standard InChI is InChI=1S/C7H5F9O4S/c1-3(2-8)19-5(11,6(12,13)20-3)4(9,10)7(14,15)21(16,17)18/h2H2,1H3. The second-order valence-electron chi connectivity index (χ2n) is 4.11. The minimum Gasteiger partial charge on any atom is -0.299 e. The van der Waals surface area contributed by atoms with Crippen LogP contribution in [0.15, 0.2) is 0 Å². The molecule has 21 heavy (non-hydrogen) atoms. The summed E-state index contributed by atoms with van der Waals surface area (Å²) in [5.74, 6) is -16.5. The van der Waals surface area contributed by atoms with Crippen molar-refractivity contribution in [1.29, 1.82) is 0 Å². The predicted octanol–water partition coefficient (Wildman–Crippen LogP) is 2.50. The van der Waals surface area contributed by atoms with Crippen LogP contribution in [0, 0.1) is 0 Å². The second-order valence-corrected chi connectivity index (χ2v) is 5.50. The van der Waals surface area contributed by atoms with E-state index >= 15 is 0 Å². The van der Waals surface area contributed by atoms with Crippen LogP contribution in [0.5, 0.6) is 0 Å². The van der Waals surface area contributed by atoms with Crippen molar-refractivity contribution in [3.63, 3.8) is 0 Å². The molecule has 0 amide bonds. The molecule has 1 saturated heterocycles. The van der Waals surface area contributed by atoms with Crippen LogP contribution in [0.3, 0.4) is 0 Å². The van der Waals surface area contributed by atoms with E-state index in [-0.39, 0.29) is 6.92 Å². The fourth-order valence-corrected chi connectivity index (χ4v) is 1.79. The third-order valence-corrected chi connectivity index (χ3v) is 3.26. The van der Waals surface area contributed by atoms with Crippen LogP contribution in [0.2, 0.25) is 0 Å². The Hall–Kier alpha value is -0.760. The number of hydrogen-bond donors (Lipinski definition) is 0. The Morgan fingerprint density at radius 3 is 1.76 bits per heavy atom. The van der Waals surface area contributed by atoms with Crippen molar-refractivity contribution in [3.05, 3.63) is 0 Å². The summed E-state index contributed by atoms with van der Waals surface area (Å²) in [6.07, 6.45) is -5.90. The lowest BCUT2D eigenvalue weighted by Gasteiger charge is -2.33. The van der Waals surface area contributed by atoms with Crippen molar-refractivity contribution in [3.8, 4) is 0 Å². The molecule has 0 aromatic carbocycles. The summed E-state index contributed by atoms with van der Waals surface area (Å²) in [5.41, 5.74) is 0. The van der Waals surface area contributed by atoms with Crippen LogP contribution in [-0.4, -0.2) is 44.0 Å². The van der Waals surface area contributed by atoms with Crippen LogP contribution in [0.25, 0.3) is 0 Å². The van der Waals surface area contributed by atoms with Crippen molar-refractivity contribution in [2.45, 2.75) is 35.9 Å². The molecule has 2 atom stereocenters. The van der Waals surface area contributed by atoms with Crippen molar-refractivity contribution in [2.24, 2.45) is 0 Å². The van der Waals surface area contributed by atoms with Gasteiger partial charge in [-0.05, 0) is 6.92 Å². The van der Waals surface area contributed by atoms with Gasteiger partial charge in [-0.3, -0.25) is 9.47 Å². The molecular weight excluding hydrogens is 351 g/mol. The van der Waals surface area contributed by atoms with Crippen LogP contribution in [0.4, 0.5) is 39.0 Å². The second kappa shape index (κ2) is 4.38. The molecule has 1 rings (SSSR count). The zero-order valence-electron chi connectivity index (χ0n) is 9.65. The number of ether oxygens (including phenoxy) is 2. The topological polar surface area (TPSA) is 52.6 Å². The Kier molecular flexibility index (Phi) is 3.81. The van der Waals surface area contributed by atoms with Gasteiger partial charge in [0.2, 0.25) is 5.79 Å². The van der Waals surface area contributed by atoms with Gasteiger partial charge in [0.1, 0.15) is 6.67 Å². The van der Waals surface area contributed by atoms with Crippen molar-refractivity contribution < 1.29 is 56.9 Å². The molecule has 1 aliphatic rings. The maximum absolute atomic E-state index is 13.7. The maximum Gasteiger partial charge on any atom is 0.442 e. The van der Waals surface area contributed by atoms with Crippen molar-refractivity contribution >= 4 is 10.2 Å². The van der Waals surface area contributed by atoms with Crippen LogP contribution >= 0.6 is 0 Å². The van der Waals surface area contributed by atoms with Crippen molar-refractivity contribution in [2.75, 3.05) is 6.67 Å². The number of halogens is 9. The van der Waals surface area contributed by atoms with E-state index in [2.05, 4.69) is 9.47 Å². The zero-order valence-corrected chi connectivity index (χ0v) is 10.5. The molecule has 0 spiro atoms. The highest BCUT2D eigenvalue weighted by molar-refractivity contribution is 7.87. The van der Waals surface area contributed by atoms with Gasteiger partial charge in [0.15, 0.2) is 0 Å². The summed E-state index contributed by atoms with van der Waals surface area (Å²) in [6.45, 7) is -2.03. The van der Waals surface area contributed by atoms with E-state index in [1.165, 1.54) is 0 Å². The van der Waals surface area contributed by atoms with E-state index in [0.717, 1.165) is 0 Å². The lowest BCUT2D eigenvalue weighted by atomic mass is 10.1. The highest BCUT2D eigenvalue weighted by Gasteiger charge is 2.89. The van der Waals surface area contributed by atoms with Gasteiger partial charge in [0, 0.05) is 0 Å². The highest BCUT2D eigenvalue weighted by Crippen LogP contribution is 2.60. The Bertz CT molecular complexity index is 534. The molecule has 4 nitrogen and oxygen atoms in total. The largest absolute Gasteiger partial charge is 0.442 e.